The first-order valence-electron chi connectivity index (χ1n) is 10.9. The molecule has 0 radical (unpaired) electrons. The minimum atomic E-state index is 0.124. The van der Waals surface area contributed by atoms with Gasteiger partial charge >= 0.3 is 0 Å². The van der Waals surface area contributed by atoms with Gasteiger partial charge in [-0.25, -0.2) is 4.98 Å². The molecule has 1 aliphatic carbocycles. The van der Waals surface area contributed by atoms with Gasteiger partial charge in [0.05, 0.1) is 0 Å². The van der Waals surface area contributed by atoms with Crippen molar-refractivity contribution in [3.05, 3.63) is 60.3 Å². The number of rotatable bonds is 7. The molecule has 2 aromatic rings. The smallest absolute Gasteiger partial charge is 0.231 e. The quantitative estimate of drug-likeness (QED) is 0.724. The number of amides is 1. The zero-order valence-corrected chi connectivity index (χ0v) is 17.4. The van der Waals surface area contributed by atoms with Crippen LogP contribution in [0.25, 0.3) is 0 Å². The average molecular weight is 393 g/mol. The molecule has 0 spiro atoms. The fraction of sp³-hybridized carbons (Fsp3) is 0.500. The Morgan fingerprint density at radius 2 is 1.72 bits per heavy atom. The van der Waals surface area contributed by atoms with E-state index in [4.69, 9.17) is 0 Å². The van der Waals surface area contributed by atoms with E-state index >= 15 is 0 Å². The van der Waals surface area contributed by atoms with Crippen LogP contribution in [0.5, 0.6) is 0 Å². The fourth-order valence-corrected chi connectivity index (χ4v) is 4.33. The van der Waals surface area contributed by atoms with Gasteiger partial charge < -0.3 is 0 Å². The van der Waals surface area contributed by atoms with E-state index in [1.165, 1.54) is 12.0 Å². The summed E-state index contributed by atoms with van der Waals surface area (Å²) < 4.78 is 0. The number of benzene rings is 1. The van der Waals surface area contributed by atoms with E-state index in [2.05, 4.69) is 52.0 Å². The lowest BCUT2D eigenvalue weighted by Gasteiger charge is -2.39. The Bertz CT molecular complexity index is 770. The number of hydrogen-bond donors (Lipinski definition) is 0. The van der Waals surface area contributed by atoms with E-state index in [-0.39, 0.29) is 17.9 Å². The van der Waals surface area contributed by atoms with Crippen molar-refractivity contribution < 1.29 is 4.79 Å². The number of hydrogen-bond acceptors (Lipinski definition) is 4. The van der Waals surface area contributed by atoms with Crippen LogP contribution in [0.2, 0.25) is 0 Å². The van der Waals surface area contributed by atoms with Crippen molar-refractivity contribution in [2.24, 2.45) is 5.92 Å². The van der Waals surface area contributed by atoms with E-state index in [1.54, 1.807) is 6.20 Å². The maximum atomic E-state index is 13.1. The zero-order chi connectivity index (χ0) is 20.1. The molecule has 154 valence electrons. The molecule has 2 heterocycles. The first-order chi connectivity index (χ1) is 14.2. The standard InChI is InChI=1S/C24H32N4O/c1-20(28(23-12-5-6-13-25-23)24(29)22-10-7-11-22)18-26-14-16-27(17-15-26)19-21-8-3-2-4-9-21/h2-6,8-9,12-13,20,22H,7,10-11,14-19H2,1H3/t20-/m0/s1. The summed E-state index contributed by atoms with van der Waals surface area (Å²) in [6.07, 6.45) is 5.00. The number of aromatic nitrogens is 1. The van der Waals surface area contributed by atoms with Crippen molar-refractivity contribution >= 4 is 11.7 Å². The number of nitrogens with zero attached hydrogens (tertiary/aromatic N) is 4. The van der Waals surface area contributed by atoms with Gasteiger partial charge in [0.15, 0.2) is 0 Å². The monoisotopic (exact) mass is 392 g/mol. The van der Waals surface area contributed by atoms with Crippen LogP contribution < -0.4 is 4.90 Å². The van der Waals surface area contributed by atoms with Crippen molar-refractivity contribution in [2.75, 3.05) is 37.6 Å². The maximum Gasteiger partial charge on any atom is 0.231 e. The Hall–Kier alpha value is -2.24. The Morgan fingerprint density at radius 3 is 2.34 bits per heavy atom. The third-order valence-electron chi connectivity index (χ3n) is 6.27. The van der Waals surface area contributed by atoms with Crippen LogP contribution in [0.4, 0.5) is 5.82 Å². The lowest BCUT2D eigenvalue weighted by Crippen LogP contribution is -2.53. The normalized spacial score (nSPS) is 19.5. The van der Waals surface area contributed by atoms with Gasteiger partial charge in [0.1, 0.15) is 5.82 Å². The summed E-state index contributed by atoms with van der Waals surface area (Å²) in [5.41, 5.74) is 1.38. The van der Waals surface area contributed by atoms with Gasteiger partial charge in [0, 0.05) is 57.4 Å². The van der Waals surface area contributed by atoms with Crippen LogP contribution in [0, 0.1) is 5.92 Å². The molecule has 0 unspecified atom stereocenters. The number of anilines is 1. The van der Waals surface area contributed by atoms with Crippen molar-refractivity contribution in [3.63, 3.8) is 0 Å². The number of piperazine rings is 1. The van der Waals surface area contributed by atoms with Gasteiger partial charge in [-0.1, -0.05) is 42.8 Å². The van der Waals surface area contributed by atoms with E-state index in [0.717, 1.165) is 57.9 Å². The lowest BCUT2D eigenvalue weighted by molar-refractivity contribution is -0.125. The van der Waals surface area contributed by atoms with Crippen LogP contribution in [-0.2, 0) is 11.3 Å². The molecule has 1 aromatic heterocycles. The summed E-state index contributed by atoms with van der Waals surface area (Å²) in [5, 5.41) is 0. The van der Waals surface area contributed by atoms with E-state index in [9.17, 15) is 4.79 Å². The Morgan fingerprint density at radius 1 is 1.03 bits per heavy atom. The minimum Gasteiger partial charge on any atom is -0.299 e. The molecule has 2 aliphatic rings. The first-order valence-corrected chi connectivity index (χ1v) is 10.9. The fourth-order valence-electron chi connectivity index (χ4n) is 4.33. The second-order valence-corrected chi connectivity index (χ2v) is 8.44. The average Bonchev–Trinajstić information content (AvgIpc) is 2.70. The predicted octanol–water partition coefficient (Wildman–Crippen LogP) is 3.42. The van der Waals surface area contributed by atoms with Crippen molar-refractivity contribution in [1.29, 1.82) is 0 Å². The molecular weight excluding hydrogens is 360 g/mol. The van der Waals surface area contributed by atoms with Crippen LogP contribution in [0.1, 0.15) is 31.7 Å². The van der Waals surface area contributed by atoms with Crippen LogP contribution >= 0.6 is 0 Å². The Labute approximate surface area is 174 Å². The summed E-state index contributed by atoms with van der Waals surface area (Å²) >= 11 is 0. The van der Waals surface area contributed by atoms with Gasteiger partial charge in [-0.05, 0) is 37.5 Å². The second-order valence-electron chi connectivity index (χ2n) is 8.44. The molecule has 0 N–H and O–H groups in total. The van der Waals surface area contributed by atoms with E-state index in [1.807, 2.05) is 23.1 Å². The van der Waals surface area contributed by atoms with Gasteiger partial charge in [-0.3, -0.25) is 19.5 Å². The van der Waals surface area contributed by atoms with Gasteiger partial charge in [-0.15, -0.1) is 0 Å². The molecule has 0 bridgehead atoms. The molecule has 5 heteroatoms. The largest absolute Gasteiger partial charge is 0.299 e. The topological polar surface area (TPSA) is 39.7 Å². The molecule has 1 atom stereocenters. The molecule has 1 amide bonds. The highest BCUT2D eigenvalue weighted by molar-refractivity contribution is 5.95. The highest BCUT2D eigenvalue weighted by Crippen LogP contribution is 2.30. The van der Waals surface area contributed by atoms with Crippen molar-refractivity contribution in [3.8, 4) is 0 Å². The van der Waals surface area contributed by atoms with Crippen molar-refractivity contribution in [2.45, 2.75) is 38.8 Å². The van der Waals surface area contributed by atoms with Crippen LogP contribution in [0.3, 0.4) is 0 Å². The second kappa shape index (κ2) is 9.51. The highest BCUT2D eigenvalue weighted by atomic mass is 16.2. The maximum absolute atomic E-state index is 13.1. The van der Waals surface area contributed by atoms with Crippen molar-refractivity contribution in [1.82, 2.24) is 14.8 Å². The third-order valence-corrected chi connectivity index (χ3v) is 6.27. The molecule has 1 saturated carbocycles. The van der Waals surface area contributed by atoms with Gasteiger partial charge in [0.2, 0.25) is 5.91 Å². The summed E-state index contributed by atoms with van der Waals surface area (Å²) in [6.45, 7) is 8.32. The minimum absolute atomic E-state index is 0.124. The molecular formula is C24H32N4O. The lowest BCUT2D eigenvalue weighted by atomic mass is 9.84. The first kappa shape index (κ1) is 20.0. The number of pyridine rings is 1. The summed E-state index contributed by atoms with van der Waals surface area (Å²) in [6, 6.07) is 16.7. The van der Waals surface area contributed by atoms with Crippen LogP contribution in [0.15, 0.2) is 54.7 Å². The molecule has 5 nitrogen and oxygen atoms in total. The summed E-state index contributed by atoms with van der Waals surface area (Å²) in [7, 11) is 0. The van der Waals surface area contributed by atoms with Gasteiger partial charge in [0.25, 0.3) is 0 Å². The number of carbonyl (C=O) groups is 1. The highest BCUT2D eigenvalue weighted by Gasteiger charge is 2.34. The Balaban J connectivity index is 1.34. The summed E-state index contributed by atoms with van der Waals surface area (Å²) in [4.78, 5) is 24.6. The molecule has 1 saturated heterocycles. The number of carbonyl (C=O) groups excluding carboxylic acids is 1. The van der Waals surface area contributed by atoms with E-state index in [0.29, 0.717) is 0 Å². The molecule has 1 aliphatic heterocycles. The molecule has 1 aromatic carbocycles. The summed E-state index contributed by atoms with van der Waals surface area (Å²) in [5.74, 6) is 1.23. The Kier molecular flexibility index (Phi) is 6.57. The molecule has 29 heavy (non-hydrogen) atoms. The third kappa shape index (κ3) is 5.03. The zero-order valence-electron chi connectivity index (χ0n) is 17.4. The van der Waals surface area contributed by atoms with E-state index < -0.39 is 0 Å². The molecule has 2 fully saturated rings. The van der Waals surface area contributed by atoms with Crippen LogP contribution in [-0.4, -0.2) is 59.5 Å². The predicted molar refractivity (Wildman–Crippen MR) is 117 cm³/mol. The SMILES string of the molecule is C[C@@H](CN1CCN(Cc2ccccc2)CC1)N(C(=O)C1CCC1)c1ccccn1. The molecule has 4 rings (SSSR count). The van der Waals surface area contributed by atoms with Gasteiger partial charge in [-0.2, -0.15) is 0 Å².